The highest BCUT2D eigenvalue weighted by atomic mass is 16.1. The van der Waals surface area contributed by atoms with Crippen LogP contribution in [0.25, 0.3) is 16.7 Å². The predicted molar refractivity (Wildman–Crippen MR) is 105 cm³/mol. The highest BCUT2D eigenvalue weighted by Gasteiger charge is 2.25. The molecule has 1 amide bonds. The second kappa shape index (κ2) is 7.22. The lowest BCUT2D eigenvalue weighted by Crippen LogP contribution is -2.34. The summed E-state index contributed by atoms with van der Waals surface area (Å²) in [5.74, 6) is 0.779. The molecule has 0 fully saturated rings. The molecule has 0 saturated heterocycles. The predicted octanol–water partition coefficient (Wildman–Crippen LogP) is 2.68. The van der Waals surface area contributed by atoms with Crippen LogP contribution in [0.15, 0.2) is 54.9 Å². The number of aromatic nitrogens is 6. The summed E-state index contributed by atoms with van der Waals surface area (Å²) in [5, 5.41) is 14.4. The molecular formula is C20H21N7O. The van der Waals surface area contributed by atoms with Crippen molar-refractivity contribution in [2.45, 2.75) is 19.9 Å². The van der Waals surface area contributed by atoms with Gasteiger partial charge in [-0.25, -0.2) is 4.98 Å². The molecule has 2 aromatic heterocycles. The molecule has 4 rings (SSSR count). The lowest BCUT2D eigenvalue weighted by Gasteiger charge is -2.22. The molecule has 0 aliphatic carbocycles. The molecule has 0 aliphatic heterocycles. The standard InChI is InChI=1S/C20H21N7O/c1-13(2)18(19-22-15-9-5-7-11-17(15)26(19)3)23-20(28)14-8-4-6-10-16(14)27-12-21-24-25-27/h4-13,18H,1-3H3,(H,23,28). The van der Waals surface area contributed by atoms with E-state index < -0.39 is 0 Å². The van der Waals surface area contributed by atoms with Crippen LogP contribution in [0.1, 0.15) is 36.1 Å². The number of hydrogen-bond acceptors (Lipinski definition) is 5. The van der Waals surface area contributed by atoms with Gasteiger partial charge in [0.1, 0.15) is 12.2 Å². The number of nitrogens with zero attached hydrogens (tertiary/aromatic N) is 6. The van der Waals surface area contributed by atoms with Crippen molar-refractivity contribution in [3.05, 3.63) is 66.2 Å². The van der Waals surface area contributed by atoms with Gasteiger partial charge in [-0.2, -0.15) is 4.68 Å². The van der Waals surface area contributed by atoms with Gasteiger partial charge in [0.15, 0.2) is 0 Å². The number of para-hydroxylation sites is 3. The fourth-order valence-corrected chi connectivity index (χ4v) is 3.33. The van der Waals surface area contributed by atoms with E-state index >= 15 is 0 Å². The van der Waals surface area contributed by atoms with E-state index in [1.54, 1.807) is 6.07 Å². The van der Waals surface area contributed by atoms with Crippen LogP contribution < -0.4 is 5.32 Å². The lowest BCUT2D eigenvalue weighted by atomic mass is 10.0. The Morgan fingerprint density at radius 3 is 2.54 bits per heavy atom. The summed E-state index contributed by atoms with van der Waals surface area (Å²) >= 11 is 0. The monoisotopic (exact) mass is 375 g/mol. The van der Waals surface area contributed by atoms with Gasteiger partial charge in [-0.15, -0.1) is 5.10 Å². The first-order valence-electron chi connectivity index (χ1n) is 9.11. The minimum Gasteiger partial charge on any atom is -0.342 e. The van der Waals surface area contributed by atoms with Gasteiger partial charge >= 0.3 is 0 Å². The van der Waals surface area contributed by atoms with Crippen molar-refractivity contribution in [2.24, 2.45) is 13.0 Å². The first kappa shape index (κ1) is 17.8. The molecule has 1 unspecified atom stereocenters. The Morgan fingerprint density at radius 1 is 1.07 bits per heavy atom. The molecule has 0 saturated carbocycles. The number of hydrogen-bond donors (Lipinski definition) is 1. The maximum Gasteiger partial charge on any atom is 0.254 e. The van der Waals surface area contributed by atoms with Crippen molar-refractivity contribution >= 4 is 16.9 Å². The third kappa shape index (κ3) is 3.13. The van der Waals surface area contributed by atoms with Crippen LogP contribution in [-0.2, 0) is 7.05 Å². The van der Waals surface area contributed by atoms with Crippen LogP contribution in [0.2, 0.25) is 0 Å². The number of carbonyl (C=O) groups is 1. The summed E-state index contributed by atoms with van der Waals surface area (Å²) in [4.78, 5) is 17.9. The largest absolute Gasteiger partial charge is 0.342 e. The van der Waals surface area contributed by atoms with E-state index in [0.717, 1.165) is 16.9 Å². The van der Waals surface area contributed by atoms with Gasteiger partial charge in [0.2, 0.25) is 0 Å². The van der Waals surface area contributed by atoms with Crippen LogP contribution in [0, 0.1) is 5.92 Å². The number of fused-ring (bicyclic) bond motifs is 1. The van der Waals surface area contributed by atoms with Crippen LogP contribution in [0.3, 0.4) is 0 Å². The quantitative estimate of drug-likeness (QED) is 0.579. The summed E-state index contributed by atoms with van der Waals surface area (Å²) < 4.78 is 3.52. The van der Waals surface area contributed by atoms with Crippen molar-refractivity contribution in [1.82, 2.24) is 35.1 Å². The van der Waals surface area contributed by atoms with Gasteiger partial charge in [0, 0.05) is 7.05 Å². The molecule has 0 spiro atoms. The zero-order valence-electron chi connectivity index (χ0n) is 15.9. The number of carbonyl (C=O) groups excluding carboxylic acids is 1. The number of amides is 1. The molecule has 1 atom stereocenters. The second-order valence-corrected chi connectivity index (χ2v) is 6.98. The van der Waals surface area contributed by atoms with Crippen molar-refractivity contribution in [2.75, 3.05) is 0 Å². The molecule has 28 heavy (non-hydrogen) atoms. The van der Waals surface area contributed by atoms with Gasteiger partial charge < -0.3 is 9.88 Å². The van der Waals surface area contributed by atoms with E-state index in [1.165, 1.54) is 11.0 Å². The Kier molecular flexibility index (Phi) is 4.60. The molecule has 0 bridgehead atoms. The third-order valence-corrected chi connectivity index (χ3v) is 4.80. The smallest absolute Gasteiger partial charge is 0.254 e. The zero-order chi connectivity index (χ0) is 19.7. The van der Waals surface area contributed by atoms with Crippen molar-refractivity contribution in [3.8, 4) is 5.69 Å². The van der Waals surface area contributed by atoms with Gasteiger partial charge in [-0.1, -0.05) is 38.1 Å². The Hall–Kier alpha value is -3.55. The van der Waals surface area contributed by atoms with Gasteiger partial charge in [-0.05, 0) is 40.6 Å². The molecule has 8 heteroatoms. The maximum atomic E-state index is 13.1. The van der Waals surface area contributed by atoms with Crippen LogP contribution in [-0.4, -0.2) is 35.7 Å². The fraction of sp³-hybridized carbons (Fsp3) is 0.250. The molecule has 0 aliphatic rings. The minimum atomic E-state index is -0.244. The number of tetrazole rings is 1. The molecular weight excluding hydrogens is 354 g/mol. The molecule has 4 aromatic rings. The van der Waals surface area contributed by atoms with E-state index in [0.29, 0.717) is 11.3 Å². The summed E-state index contributed by atoms with van der Waals surface area (Å²) in [7, 11) is 1.97. The van der Waals surface area contributed by atoms with Gasteiger partial charge in [0.25, 0.3) is 5.91 Å². The summed E-state index contributed by atoms with van der Waals surface area (Å²) in [5.41, 5.74) is 3.07. The van der Waals surface area contributed by atoms with Crippen molar-refractivity contribution in [3.63, 3.8) is 0 Å². The lowest BCUT2D eigenvalue weighted by molar-refractivity contribution is 0.0922. The van der Waals surface area contributed by atoms with Gasteiger partial charge in [-0.3, -0.25) is 4.79 Å². The first-order chi connectivity index (χ1) is 13.6. The van der Waals surface area contributed by atoms with E-state index in [4.69, 9.17) is 4.98 Å². The zero-order valence-corrected chi connectivity index (χ0v) is 15.9. The summed E-state index contributed by atoms with van der Waals surface area (Å²) in [6.07, 6.45) is 1.47. The van der Waals surface area contributed by atoms with E-state index in [-0.39, 0.29) is 17.9 Å². The Bertz CT molecular complexity index is 1110. The number of imidazole rings is 1. The van der Waals surface area contributed by atoms with Crippen molar-refractivity contribution in [1.29, 1.82) is 0 Å². The Balaban J connectivity index is 1.70. The van der Waals surface area contributed by atoms with E-state index in [1.807, 2.05) is 54.1 Å². The fourth-order valence-electron chi connectivity index (χ4n) is 3.33. The number of nitrogens with one attached hydrogen (secondary N) is 1. The molecule has 8 nitrogen and oxygen atoms in total. The van der Waals surface area contributed by atoms with Crippen LogP contribution in [0.5, 0.6) is 0 Å². The minimum absolute atomic E-state index is 0.152. The third-order valence-electron chi connectivity index (χ3n) is 4.80. The van der Waals surface area contributed by atoms with E-state index in [9.17, 15) is 4.79 Å². The maximum absolute atomic E-state index is 13.1. The number of aryl methyl sites for hydroxylation is 1. The first-order valence-corrected chi connectivity index (χ1v) is 9.11. The SMILES string of the molecule is CC(C)C(NC(=O)c1ccccc1-n1cnnn1)c1nc2ccccc2n1C. The molecule has 2 heterocycles. The summed E-state index contributed by atoms with van der Waals surface area (Å²) in [6.45, 7) is 4.13. The van der Waals surface area contributed by atoms with E-state index in [2.05, 4.69) is 34.7 Å². The second-order valence-electron chi connectivity index (χ2n) is 6.98. The topological polar surface area (TPSA) is 90.5 Å². The van der Waals surface area contributed by atoms with Gasteiger partial charge in [0.05, 0.1) is 28.3 Å². The van der Waals surface area contributed by atoms with Crippen LogP contribution in [0.4, 0.5) is 0 Å². The molecule has 1 N–H and O–H groups in total. The normalized spacial score (nSPS) is 12.4. The Morgan fingerprint density at radius 2 is 1.82 bits per heavy atom. The highest BCUT2D eigenvalue weighted by molar-refractivity contribution is 5.98. The Labute approximate surface area is 162 Å². The average Bonchev–Trinajstić information content (AvgIpc) is 3.35. The number of benzene rings is 2. The summed E-state index contributed by atoms with van der Waals surface area (Å²) in [6, 6.07) is 14.9. The van der Waals surface area contributed by atoms with Crippen molar-refractivity contribution < 1.29 is 4.79 Å². The number of rotatable bonds is 5. The highest BCUT2D eigenvalue weighted by Crippen LogP contribution is 2.25. The molecule has 0 radical (unpaired) electrons. The molecule has 142 valence electrons. The van der Waals surface area contributed by atoms with Crippen LogP contribution >= 0.6 is 0 Å². The molecule has 2 aromatic carbocycles. The average molecular weight is 375 g/mol.